The van der Waals surface area contributed by atoms with E-state index >= 15 is 0 Å². The Labute approximate surface area is 107 Å². The van der Waals surface area contributed by atoms with E-state index in [0.29, 0.717) is 5.69 Å². The maximum absolute atomic E-state index is 12.2. The van der Waals surface area contributed by atoms with Crippen molar-refractivity contribution in [2.45, 2.75) is 12.8 Å². The number of aliphatic carboxylic acids is 1. The van der Waals surface area contributed by atoms with Crippen LogP contribution >= 0.6 is 0 Å². The van der Waals surface area contributed by atoms with E-state index in [1.54, 1.807) is 7.05 Å². The highest BCUT2D eigenvalue weighted by molar-refractivity contribution is 5.85. The van der Waals surface area contributed by atoms with Gasteiger partial charge in [0.25, 0.3) is 5.56 Å². The second-order valence-electron chi connectivity index (χ2n) is 4.47. The van der Waals surface area contributed by atoms with Crippen LogP contribution in [0.4, 0.5) is 0 Å². The standard InChI is InChI=1S/C11H14N4O4/c1-5(10(17)18)7-6-8(12-15(7)4)13(2)11(19)14(3)9(6)16/h5H,1-4H3,(H,17,18). The monoisotopic (exact) mass is 266 g/mol. The first kappa shape index (κ1) is 13.1. The fourth-order valence-corrected chi connectivity index (χ4v) is 2.15. The third-order valence-corrected chi connectivity index (χ3v) is 3.26. The molecule has 2 aromatic heterocycles. The molecule has 1 atom stereocenters. The number of rotatable bonds is 2. The van der Waals surface area contributed by atoms with Gasteiger partial charge in [0.1, 0.15) is 5.39 Å². The summed E-state index contributed by atoms with van der Waals surface area (Å²) in [7, 11) is 4.40. The Morgan fingerprint density at radius 2 is 1.79 bits per heavy atom. The van der Waals surface area contributed by atoms with Crippen LogP contribution in [-0.4, -0.2) is 30.0 Å². The Morgan fingerprint density at radius 3 is 2.32 bits per heavy atom. The molecule has 0 aromatic carbocycles. The summed E-state index contributed by atoms with van der Waals surface area (Å²) in [5.74, 6) is -1.94. The summed E-state index contributed by atoms with van der Waals surface area (Å²) in [6.07, 6.45) is 0. The van der Waals surface area contributed by atoms with E-state index in [2.05, 4.69) is 5.10 Å². The highest BCUT2D eigenvalue weighted by Gasteiger charge is 2.25. The maximum atomic E-state index is 12.2. The number of hydrogen-bond acceptors (Lipinski definition) is 4. The Hall–Kier alpha value is -2.38. The van der Waals surface area contributed by atoms with Crippen molar-refractivity contribution >= 4 is 17.0 Å². The molecule has 0 amide bonds. The highest BCUT2D eigenvalue weighted by Crippen LogP contribution is 2.21. The molecule has 0 radical (unpaired) electrons. The van der Waals surface area contributed by atoms with Gasteiger partial charge in [0, 0.05) is 21.1 Å². The minimum atomic E-state index is -1.05. The van der Waals surface area contributed by atoms with Gasteiger partial charge >= 0.3 is 11.7 Å². The van der Waals surface area contributed by atoms with E-state index in [0.717, 1.165) is 4.57 Å². The van der Waals surface area contributed by atoms with Gasteiger partial charge in [0.15, 0.2) is 5.65 Å². The topological polar surface area (TPSA) is 99.1 Å². The van der Waals surface area contributed by atoms with Gasteiger partial charge in [-0.25, -0.2) is 4.79 Å². The van der Waals surface area contributed by atoms with Crippen molar-refractivity contribution in [1.29, 1.82) is 0 Å². The SMILES string of the molecule is CC(C(=O)O)c1c2c(=O)n(C)c(=O)n(C)c2nn1C. The second-order valence-corrected chi connectivity index (χ2v) is 4.47. The molecule has 1 unspecified atom stereocenters. The Kier molecular flexibility index (Phi) is 2.80. The Balaban J connectivity index is 3.04. The number of aromatic nitrogens is 4. The van der Waals surface area contributed by atoms with Crippen molar-refractivity contribution in [3.8, 4) is 0 Å². The molecule has 0 aliphatic carbocycles. The third kappa shape index (κ3) is 1.67. The lowest BCUT2D eigenvalue weighted by Crippen LogP contribution is -2.37. The molecule has 102 valence electrons. The summed E-state index contributed by atoms with van der Waals surface area (Å²) in [6.45, 7) is 1.48. The minimum Gasteiger partial charge on any atom is -0.481 e. The maximum Gasteiger partial charge on any atom is 0.332 e. The summed E-state index contributed by atoms with van der Waals surface area (Å²) >= 11 is 0. The molecule has 19 heavy (non-hydrogen) atoms. The van der Waals surface area contributed by atoms with Gasteiger partial charge in [-0.05, 0) is 6.92 Å². The lowest BCUT2D eigenvalue weighted by molar-refractivity contribution is -0.138. The lowest BCUT2D eigenvalue weighted by Gasteiger charge is -2.07. The van der Waals surface area contributed by atoms with Crippen LogP contribution in [0.3, 0.4) is 0 Å². The van der Waals surface area contributed by atoms with Gasteiger partial charge in [-0.3, -0.25) is 23.4 Å². The summed E-state index contributed by atoms with van der Waals surface area (Å²) in [5.41, 5.74) is -0.545. The van der Waals surface area contributed by atoms with Crippen LogP contribution in [0.25, 0.3) is 11.0 Å². The molecule has 0 saturated carbocycles. The van der Waals surface area contributed by atoms with Gasteiger partial charge in [0.2, 0.25) is 0 Å². The number of aryl methyl sites for hydroxylation is 2. The molecule has 0 bridgehead atoms. The van der Waals surface area contributed by atoms with Gasteiger partial charge in [-0.2, -0.15) is 5.10 Å². The Morgan fingerprint density at radius 1 is 1.21 bits per heavy atom. The lowest BCUT2D eigenvalue weighted by atomic mass is 10.1. The predicted octanol–water partition coefficient (Wildman–Crippen LogP) is -0.841. The van der Waals surface area contributed by atoms with Gasteiger partial charge in [-0.15, -0.1) is 0 Å². The van der Waals surface area contributed by atoms with Crippen molar-refractivity contribution in [3.63, 3.8) is 0 Å². The predicted molar refractivity (Wildman–Crippen MR) is 67.2 cm³/mol. The minimum absolute atomic E-state index is 0.169. The van der Waals surface area contributed by atoms with Crippen LogP contribution in [0.15, 0.2) is 9.59 Å². The quantitative estimate of drug-likeness (QED) is 0.764. The molecule has 8 nitrogen and oxygen atoms in total. The first-order chi connectivity index (χ1) is 8.77. The van der Waals surface area contributed by atoms with E-state index in [9.17, 15) is 14.4 Å². The van der Waals surface area contributed by atoms with E-state index < -0.39 is 23.1 Å². The van der Waals surface area contributed by atoms with E-state index in [1.165, 1.54) is 30.3 Å². The average Bonchev–Trinajstić information content (AvgIpc) is 2.70. The number of nitrogens with zero attached hydrogens (tertiary/aromatic N) is 4. The highest BCUT2D eigenvalue weighted by atomic mass is 16.4. The van der Waals surface area contributed by atoms with Gasteiger partial charge in [-0.1, -0.05) is 0 Å². The molecule has 8 heteroatoms. The normalized spacial score (nSPS) is 12.8. The van der Waals surface area contributed by atoms with E-state index in [1.807, 2.05) is 0 Å². The van der Waals surface area contributed by atoms with E-state index in [4.69, 9.17) is 5.11 Å². The molecule has 2 aromatic rings. The molecule has 1 N–H and O–H groups in total. The summed E-state index contributed by atoms with van der Waals surface area (Å²) in [4.78, 5) is 35.1. The number of carboxylic acids is 1. The van der Waals surface area contributed by atoms with Crippen LogP contribution < -0.4 is 11.2 Å². The summed E-state index contributed by atoms with van der Waals surface area (Å²) < 4.78 is 3.52. The van der Waals surface area contributed by atoms with Crippen molar-refractivity contribution < 1.29 is 9.90 Å². The van der Waals surface area contributed by atoms with Crippen molar-refractivity contribution in [3.05, 3.63) is 26.5 Å². The average molecular weight is 266 g/mol. The molecule has 0 spiro atoms. The van der Waals surface area contributed by atoms with Crippen LogP contribution in [-0.2, 0) is 25.9 Å². The zero-order valence-electron chi connectivity index (χ0n) is 11.0. The number of carbonyl (C=O) groups is 1. The first-order valence-corrected chi connectivity index (χ1v) is 5.62. The zero-order valence-corrected chi connectivity index (χ0v) is 11.0. The van der Waals surface area contributed by atoms with Crippen molar-refractivity contribution in [2.24, 2.45) is 21.1 Å². The molecule has 2 rings (SSSR count). The van der Waals surface area contributed by atoms with Crippen molar-refractivity contribution in [2.75, 3.05) is 0 Å². The van der Waals surface area contributed by atoms with Crippen LogP contribution in [0, 0.1) is 0 Å². The number of hydrogen-bond donors (Lipinski definition) is 1. The largest absolute Gasteiger partial charge is 0.481 e. The van der Waals surface area contributed by atoms with Gasteiger partial charge < -0.3 is 5.11 Å². The number of carboxylic acid groups (broad SMARTS) is 1. The van der Waals surface area contributed by atoms with Gasteiger partial charge in [0.05, 0.1) is 11.6 Å². The molecule has 0 fully saturated rings. The van der Waals surface area contributed by atoms with Crippen LogP contribution in [0.1, 0.15) is 18.5 Å². The third-order valence-electron chi connectivity index (χ3n) is 3.26. The smallest absolute Gasteiger partial charge is 0.332 e. The second kappa shape index (κ2) is 4.08. The molecular weight excluding hydrogens is 252 g/mol. The fourth-order valence-electron chi connectivity index (χ4n) is 2.15. The molecule has 0 aliphatic heterocycles. The summed E-state index contributed by atoms with van der Waals surface area (Å²) in [5, 5.41) is 13.4. The molecule has 2 heterocycles. The fraction of sp³-hybridized carbons (Fsp3) is 0.455. The van der Waals surface area contributed by atoms with E-state index in [-0.39, 0.29) is 11.0 Å². The Bertz CT molecular complexity index is 796. The zero-order chi connectivity index (χ0) is 14.5. The molecule has 0 saturated heterocycles. The van der Waals surface area contributed by atoms with Crippen LogP contribution in [0.5, 0.6) is 0 Å². The van der Waals surface area contributed by atoms with Crippen molar-refractivity contribution in [1.82, 2.24) is 18.9 Å². The van der Waals surface area contributed by atoms with Crippen LogP contribution in [0.2, 0.25) is 0 Å². The molecular formula is C11H14N4O4. The first-order valence-electron chi connectivity index (χ1n) is 5.62. The number of fused-ring (bicyclic) bond motifs is 1. The molecule has 0 aliphatic rings. The summed E-state index contributed by atoms with van der Waals surface area (Å²) in [6, 6.07) is 0.